The van der Waals surface area contributed by atoms with Crippen molar-refractivity contribution in [2.45, 2.75) is 13.8 Å². The molecule has 1 saturated heterocycles. The van der Waals surface area contributed by atoms with Gasteiger partial charge in [0.15, 0.2) is 11.5 Å². The van der Waals surface area contributed by atoms with Crippen LogP contribution in [-0.2, 0) is 0 Å². The number of amides is 2. The third-order valence-corrected chi connectivity index (χ3v) is 5.48. The topological polar surface area (TPSA) is 75.9 Å². The van der Waals surface area contributed by atoms with Crippen LogP contribution in [-0.4, -0.2) is 53.0 Å². The van der Waals surface area contributed by atoms with Gasteiger partial charge in [-0.15, -0.1) is 0 Å². The summed E-state index contributed by atoms with van der Waals surface area (Å²) in [6.45, 7) is 5.32. The van der Waals surface area contributed by atoms with Gasteiger partial charge in [0, 0.05) is 48.3 Å². The second kappa shape index (κ2) is 7.75. The Morgan fingerprint density at radius 3 is 2.55 bits per heavy atom. The molecule has 0 unspecified atom stereocenters. The predicted octanol–water partition coefficient (Wildman–Crippen LogP) is 4.05. The molecule has 0 N–H and O–H groups in total. The second-order valence-corrected chi connectivity index (χ2v) is 7.40. The fourth-order valence-electron chi connectivity index (χ4n) is 3.35. The van der Waals surface area contributed by atoms with E-state index in [1.165, 1.54) is 6.20 Å². The Kier molecular flexibility index (Phi) is 5.15. The molecular formula is C21H20ClN3O4. The fourth-order valence-corrected chi connectivity index (χ4v) is 3.52. The van der Waals surface area contributed by atoms with E-state index in [2.05, 4.69) is 4.98 Å². The third kappa shape index (κ3) is 3.78. The van der Waals surface area contributed by atoms with Crippen molar-refractivity contribution in [1.82, 2.24) is 14.8 Å². The Morgan fingerprint density at radius 2 is 1.86 bits per heavy atom. The summed E-state index contributed by atoms with van der Waals surface area (Å²) in [5, 5.41) is 1.48. The van der Waals surface area contributed by atoms with E-state index in [1.807, 2.05) is 26.0 Å². The standard InChI is InChI=1S/C21H20ClN3O4/c1-13-10-18-16(11-17(13)22)14(2)19(29-18)20(26)24-6-8-25(9-7-24)21(27)28-15-4-3-5-23-12-15/h3-5,10-12H,6-9H2,1-2H3. The highest BCUT2D eigenvalue weighted by Crippen LogP contribution is 2.31. The Balaban J connectivity index is 1.43. The lowest BCUT2D eigenvalue weighted by Gasteiger charge is -2.33. The van der Waals surface area contributed by atoms with Crippen molar-refractivity contribution in [2.24, 2.45) is 0 Å². The molecule has 1 fully saturated rings. The smallest absolute Gasteiger partial charge is 0.415 e. The van der Waals surface area contributed by atoms with Gasteiger partial charge in [0.05, 0.1) is 6.20 Å². The Bertz CT molecular complexity index is 1070. The number of carbonyl (C=O) groups excluding carboxylic acids is 2. The number of hydrogen-bond donors (Lipinski definition) is 0. The molecule has 1 aliphatic rings. The van der Waals surface area contributed by atoms with E-state index in [0.29, 0.717) is 48.3 Å². The Hall–Kier alpha value is -3.06. The predicted molar refractivity (Wildman–Crippen MR) is 108 cm³/mol. The number of carbonyl (C=O) groups is 2. The largest absolute Gasteiger partial charge is 0.451 e. The van der Waals surface area contributed by atoms with Crippen molar-refractivity contribution < 1.29 is 18.7 Å². The molecule has 7 nitrogen and oxygen atoms in total. The summed E-state index contributed by atoms with van der Waals surface area (Å²) in [7, 11) is 0. The monoisotopic (exact) mass is 413 g/mol. The van der Waals surface area contributed by atoms with Gasteiger partial charge < -0.3 is 19.0 Å². The van der Waals surface area contributed by atoms with Crippen LogP contribution in [0.5, 0.6) is 5.75 Å². The van der Waals surface area contributed by atoms with E-state index in [4.69, 9.17) is 20.8 Å². The highest BCUT2D eigenvalue weighted by Gasteiger charge is 2.29. The zero-order valence-electron chi connectivity index (χ0n) is 16.1. The molecule has 2 aromatic heterocycles. The number of furan rings is 1. The van der Waals surface area contributed by atoms with Crippen LogP contribution in [0.25, 0.3) is 11.0 Å². The maximum atomic E-state index is 13.0. The number of benzene rings is 1. The number of piperazine rings is 1. The van der Waals surface area contributed by atoms with Crippen molar-refractivity contribution in [2.75, 3.05) is 26.2 Å². The summed E-state index contributed by atoms with van der Waals surface area (Å²) < 4.78 is 11.1. The summed E-state index contributed by atoms with van der Waals surface area (Å²) in [5.41, 5.74) is 2.31. The molecule has 0 aliphatic carbocycles. The quantitative estimate of drug-likeness (QED) is 0.633. The van der Waals surface area contributed by atoms with Crippen LogP contribution in [0.2, 0.25) is 5.02 Å². The number of ether oxygens (including phenoxy) is 1. The van der Waals surface area contributed by atoms with Gasteiger partial charge in [-0.2, -0.15) is 0 Å². The molecule has 0 bridgehead atoms. The van der Waals surface area contributed by atoms with E-state index in [9.17, 15) is 9.59 Å². The average molecular weight is 414 g/mol. The molecule has 0 radical (unpaired) electrons. The molecule has 3 aromatic rings. The van der Waals surface area contributed by atoms with E-state index < -0.39 is 6.09 Å². The van der Waals surface area contributed by atoms with Crippen molar-refractivity contribution >= 4 is 34.6 Å². The Morgan fingerprint density at radius 1 is 1.14 bits per heavy atom. The minimum atomic E-state index is -0.449. The van der Waals surface area contributed by atoms with Crippen LogP contribution in [0.15, 0.2) is 41.1 Å². The molecule has 4 rings (SSSR count). The van der Waals surface area contributed by atoms with Crippen LogP contribution in [0.1, 0.15) is 21.7 Å². The first-order valence-electron chi connectivity index (χ1n) is 9.29. The molecular weight excluding hydrogens is 394 g/mol. The number of hydrogen-bond acceptors (Lipinski definition) is 5. The maximum Gasteiger partial charge on any atom is 0.415 e. The normalized spacial score (nSPS) is 14.3. The average Bonchev–Trinajstić information content (AvgIpc) is 3.04. The van der Waals surface area contributed by atoms with Gasteiger partial charge in [0.25, 0.3) is 5.91 Å². The minimum absolute atomic E-state index is 0.187. The molecule has 0 spiro atoms. The van der Waals surface area contributed by atoms with Crippen LogP contribution in [0, 0.1) is 13.8 Å². The van der Waals surface area contributed by atoms with Crippen LogP contribution >= 0.6 is 11.6 Å². The SMILES string of the molecule is Cc1cc2oc(C(=O)N3CCN(C(=O)Oc4cccnc4)CC3)c(C)c2cc1Cl. The number of halogens is 1. The summed E-state index contributed by atoms with van der Waals surface area (Å²) in [4.78, 5) is 32.5. The first kappa shape index (κ1) is 19.3. The van der Waals surface area contributed by atoms with Crippen LogP contribution in [0.3, 0.4) is 0 Å². The highest BCUT2D eigenvalue weighted by atomic mass is 35.5. The van der Waals surface area contributed by atoms with Crippen LogP contribution in [0.4, 0.5) is 4.79 Å². The van der Waals surface area contributed by atoms with Gasteiger partial charge in [-0.3, -0.25) is 9.78 Å². The van der Waals surface area contributed by atoms with E-state index in [1.54, 1.807) is 28.1 Å². The zero-order chi connectivity index (χ0) is 20.5. The lowest BCUT2D eigenvalue weighted by molar-refractivity contribution is 0.0605. The number of pyridine rings is 1. The van der Waals surface area contributed by atoms with Gasteiger partial charge in [-0.25, -0.2) is 4.79 Å². The second-order valence-electron chi connectivity index (χ2n) is 6.99. The highest BCUT2D eigenvalue weighted by molar-refractivity contribution is 6.32. The van der Waals surface area contributed by atoms with E-state index >= 15 is 0 Å². The molecule has 150 valence electrons. The van der Waals surface area contributed by atoms with Crippen molar-refractivity contribution in [3.05, 3.63) is 58.6 Å². The minimum Gasteiger partial charge on any atom is -0.451 e. The van der Waals surface area contributed by atoms with Crippen molar-refractivity contribution in [1.29, 1.82) is 0 Å². The molecule has 0 saturated carbocycles. The number of aryl methyl sites for hydroxylation is 2. The van der Waals surface area contributed by atoms with Gasteiger partial charge in [0.1, 0.15) is 5.58 Å². The lowest BCUT2D eigenvalue weighted by Crippen LogP contribution is -2.51. The number of rotatable bonds is 2. The summed E-state index contributed by atoms with van der Waals surface area (Å²) in [6.07, 6.45) is 2.64. The molecule has 8 heteroatoms. The van der Waals surface area contributed by atoms with Gasteiger partial charge in [-0.1, -0.05) is 11.6 Å². The number of nitrogens with zero attached hydrogens (tertiary/aromatic N) is 3. The third-order valence-electron chi connectivity index (χ3n) is 5.08. The molecule has 1 aliphatic heterocycles. The zero-order valence-corrected chi connectivity index (χ0v) is 16.9. The lowest BCUT2D eigenvalue weighted by atomic mass is 10.1. The first-order chi connectivity index (χ1) is 13.9. The van der Waals surface area contributed by atoms with Crippen molar-refractivity contribution in [3.63, 3.8) is 0 Å². The van der Waals surface area contributed by atoms with Gasteiger partial charge in [-0.05, 0) is 43.7 Å². The summed E-state index contributed by atoms with van der Waals surface area (Å²) in [6, 6.07) is 7.04. The summed E-state index contributed by atoms with van der Waals surface area (Å²) in [5.74, 6) is 0.517. The number of fused-ring (bicyclic) bond motifs is 1. The molecule has 3 heterocycles. The van der Waals surface area contributed by atoms with Crippen LogP contribution < -0.4 is 4.74 Å². The van der Waals surface area contributed by atoms with Crippen molar-refractivity contribution in [3.8, 4) is 5.75 Å². The molecule has 29 heavy (non-hydrogen) atoms. The first-order valence-corrected chi connectivity index (χ1v) is 9.67. The van der Waals surface area contributed by atoms with Gasteiger partial charge >= 0.3 is 6.09 Å². The maximum absolute atomic E-state index is 13.0. The fraction of sp³-hybridized carbons (Fsp3) is 0.286. The summed E-state index contributed by atoms with van der Waals surface area (Å²) >= 11 is 6.21. The van der Waals surface area contributed by atoms with E-state index in [-0.39, 0.29) is 5.91 Å². The number of aromatic nitrogens is 1. The Labute approximate surface area is 172 Å². The molecule has 1 aromatic carbocycles. The molecule has 2 amide bonds. The van der Waals surface area contributed by atoms with E-state index in [0.717, 1.165) is 16.5 Å². The van der Waals surface area contributed by atoms with Gasteiger partial charge in [0.2, 0.25) is 0 Å². The molecule has 0 atom stereocenters.